The zero-order chi connectivity index (χ0) is 10.8. The molecule has 3 nitrogen and oxygen atoms in total. The van der Waals surface area contributed by atoms with Crippen LogP contribution in [0.15, 0.2) is 30.5 Å². The van der Waals surface area contributed by atoms with E-state index in [1.165, 1.54) is 13.3 Å². The second kappa shape index (κ2) is 3.69. The van der Waals surface area contributed by atoms with Crippen molar-refractivity contribution < 1.29 is 9.53 Å². The highest BCUT2D eigenvalue weighted by atomic mass is 16.5. The predicted molar refractivity (Wildman–Crippen MR) is 57.8 cm³/mol. The lowest BCUT2D eigenvalue weighted by Gasteiger charge is -2.03. The Morgan fingerprint density at radius 1 is 1.40 bits per heavy atom. The van der Waals surface area contributed by atoms with E-state index in [1.807, 2.05) is 31.2 Å². The van der Waals surface area contributed by atoms with Crippen LogP contribution >= 0.6 is 0 Å². The van der Waals surface area contributed by atoms with Crippen molar-refractivity contribution in [3.63, 3.8) is 0 Å². The summed E-state index contributed by atoms with van der Waals surface area (Å²) in [5, 5.41) is 0.986. The molecule has 2 aromatic rings. The van der Waals surface area contributed by atoms with Crippen molar-refractivity contribution in [2.75, 3.05) is 7.11 Å². The molecule has 0 fully saturated rings. The van der Waals surface area contributed by atoms with Crippen molar-refractivity contribution in [1.82, 2.24) is 4.98 Å². The smallest absolute Gasteiger partial charge is 0.339 e. The molecule has 0 aliphatic rings. The fourth-order valence-corrected chi connectivity index (χ4v) is 1.53. The van der Waals surface area contributed by atoms with E-state index in [0.717, 1.165) is 16.5 Å². The Morgan fingerprint density at radius 3 is 2.93 bits per heavy atom. The fourth-order valence-electron chi connectivity index (χ4n) is 1.53. The number of aromatic nitrogens is 1. The molecule has 1 aromatic heterocycles. The van der Waals surface area contributed by atoms with Gasteiger partial charge in [0.2, 0.25) is 0 Å². The highest BCUT2D eigenvalue weighted by Gasteiger charge is 2.07. The van der Waals surface area contributed by atoms with Gasteiger partial charge in [0.1, 0.15) is 0 Å². The number of hydrogen-bond donors (Lipinski definition) is 0. The minimum absolute atomic E-state index is 0.354. The van der Waals surface area contributed by atoms with Crippen LogP contribution < -0.4 is 0 Å². The quantitative estimate of drug-likeness (QED) is 0.665. The Hall–Kier alpha value is -1.90. The van der Waals surface area contributed by atoms with Crippen LogP contribution in [0, 0.1) is 6.92 Å². The van der Waals surface area contributed by atoms with E-state index >= 15 is 0 Å². The number of nitrogens with zero attached hydrogens (tertiary/aromatic N) is 1. The van der Waals surface area contributed by atoms with Crippen LogP contribution in [0.3, 0.4) is 0 Å². The molecule has 15 heavy (non-hydrogen) atoms. The van der Waals surface area contributed by atoms with Crippen LogP contribution in [-0.2, 0) is 4.74 Å². The van der Waals surface area contributed by atoms with E-state index in [4.69, 9.17) is 0 Å². The van der Waals surface area contributed by atoms with Crippen LogP contribution in [0.2, 0.25) is 0 Å². The van der Waals surface area contributed by atoms with Crippen LogP contribution in [-0.4, -0.2) is 18.1 Å². The molecular formula is C12H11NO2. The van der Waals surface area contributed by atoms with Gasteiger partial charge in [-0.25, -0.2) is 4.79 Å². The monoisotopic (exact) mass is 201 g/mol. The minimum Gasteiger partial charge on any atom is -0.465 e. The Labute approximate surface area is 87.7 Å². The van der Waals surface area contributed by atoms with Gasteiger partial charge in [-0.3, -0.25) is 4.98 Å². The Bertz CT molecular complexity index is 520. The number of carbonyl (C=O) groups excluding carboxylic acids is 1. The third-order valence-corrected chi connectivity index (χ3v) is 2.36. The molecule has 0 bridgehead atoms. The third-order valence-electron chi connectivity index (χ3n) is 2.36. The van der Waals surface area contributed by atoms with Gasteiger partial charge >= 0.3 is 5.97 Å². The van der Waals surface area contributed by atoms with Crippen molar-refractivity contribution >= 4 is 16.9 Å². The number of methoxy groups -OCH3 is 1. The number of pyridine rings is 1. The van der Waals surface area contributed by atoms with Gasteiger partial charge in [-0.15, -0.1) is 0 Å². The highest BCUT2D eigenvalue weighted by Crippen LogP contribution is 2.17. The van der Waals surface area contributed by atoms with Crippen molar-refractivity contribution in [2.45, 2.75) is 6.92 Å². The molecule has 3 heteroatoms. The van der Waals surface area contributed by atoms with Gasteiger partial charge < -0.3 is 4.74 Å². The summed E-state index contributed by atoms with van der Waals surface area (Å²) in [5.41, 5.74) is 2.48. The Balaban J connectivity index is 2.64. The summed E-state index contributed by atoms with van der Waals surface area (Å²) < 4.78 is 4.65. The van der Waals surface area contributed by atoms with Crippen molar-refractivity contribution in [1.29, 1.82) is 0 Å². The molecule has 0 aliphatic carbocycles. The number of benzene rings is 1. The number of fused-ring (bicyclic) bond motifs is 1. The van der Waals surface area contributed by atoms with Gasteiger partial charge in [0, 0.05) is 11.6 Å². The van der Waals surface area contributed by atoms with Crippen molar-refractivity contribution in [3.8, 4) is 0 Å². The molecule has 2 rings (SSSR count). The molecule has 0 amide bonds. The van der Waals surface area contributed by atoms with E-state index in [-0.39, 0.29) is 5.97 Å². The lowest BCUT2D eigenvalue weighted by atomic mass is 10.1. The molecule has 0 unspecified atom stereocenters. The Kier molecular flexibility index (Phi) is 2.37. The van der Waals surface area contributed by atoms with Gasteiger partial charge in [0.15, 0.2) is 0 Å². The summed E-state index contributed by atoms with van der Waals surface area (Å²) in [4.78, 5) is 15.5. The SMILES string of the molecule is COC(=O)c1cnc2cccc(C)c2c1. The number of esters is 1. The summed E-state index contributed by atoms with van der Waals surface area (Å²) >= 11 is 0. The summed E-state index contributed by atoms with van der Waals surface area (Å²) in [7, 11) is 1.37. The zero-order valence-corrected chi connectivity index (χ0v) is 8.65. The molecule has 0 saturated carbocycles. The fraction of sp³-hybridized carbons (Fsp3) is 0.167. The lowest BCUT2D eigenvalue weighted by Crippen LogP contribution is -2.01. The third kappa shape index (κ3) is 1.68. The maximum Gasteiger partial charge on any atom is 0.339 e. The second-order valence-corrected chi connectivity index (χ2v) is 3.36. The molecule has 0 atom stereocenters. The first-order valence-electron chi connectivity index (χ1n) is 4.66. The first kappa shape index (κ1) is 9.65. The zero-order valence-electron chi connectivity index (χ0n) is 8.65. The average molecular weight is 201 g/mol. The highest BCUT2D eigenvalue weighted by molar-refractivity contribution is 5.94. The molecule has 0 spiro atoms. The van der Waals surface area contributed by atoms with Gasteiger partial charge in [-0.2, -0.15) is 0 Å². The Morgan fingerprint density at radius 2 is 2.20 bits per heavy atom. The topological polar surface area (TPSA) is 39.2 Å². The van der Waals surface area contributed by atoms with Crippen molar-refractivity contribution in [3.05, 3.63) is 41.6 Å². The van der Waals surface area contributed by atoms with E-state index < -0.39 is 0 Å². The average Bonchev–Trinajstić information content (AvgIpc) is 2.28. The number of aryl methyl sites for hydroxylation is 1. The second-order valence-electron chi connectivity index (χ2n) is 3.36. The molecule has 76 valence electrons. The normalized spacial score (nSPS) is 10.3. The standard InChI is InChI=1S/C12H11NO2/c1-8-4-3-5-11-10(8)6-9(7-13-11)12(14)15-2/h3-7H,1-2H3. The molecule has 0 saturated heterocycles. The van der Waals surface area contributed by atoms with Crippen LogP contribution in [0.5, 0.6) is 0 Å². The van der Waals surface area contributed by atoms with Crippen LogP contribution in [0.1, 0.15) is 15.9 Å². The largest absolute Gasteiger partial charge is 0.465 e. The first-order chi connectivity index (χ1) is 7.22. The van der Waals surface area contributed by atoms with E-state index in [9.17, 15) is 4.79 Å². The van der Waals surface area contributed by atoms with Gasteiger partial charge in [0.25, 0.3) is 0 Å². The van der Waals surface area contributed by atoms with Crippen molar-refractivity contribution in [2.24, 2.45) is 0 Å². The van der Waals surface area contributed by atoms with E-state index in [1.54, 1.807) is 0 Å². The maximum absolute atomic E-state index is 11.3. The van der Waals surface area contributed by atoms with Crippen LogP contribution in [0.4, 0.5) is 0 Å². The molecule has 1 heterocycles. The summed E-state index contributed by atoms with van der Waals surface area (Å²) in [5.74, 6) is -0.354. The number of rotatable bonds is 1. The maximum atomic E-state index is 11.3. The van der Waals surface area contributed by atoms with E-state index in [0.29, 0.717) is 5.56 Å². The summed E-state index contributed by atoms with van der Waals surface area (Å²) in [6.45, 7) is 1.99. The van der Waals surface area contributed by atoms with Gasteiger partial charge in [0.05, 0.1) is 18.2 Å². The number of ether oxygens (including phenoxy) is 1. The molecule has 0 radical (unpaired) electrons. The van der Waals surface area contributed by atoms with Gasteiger partial charge in [-0.05, 0) is 24.6 Å². The summed E-state index contributed by atoms with van der Waals surface area (Å²) in [6.07, 6.45) is 1.54. The minimum atomic E-state index is -0.354. The number of carbonyl (C=O) groups is 1. The lowest BCUT2D eigenvalue weighted by molar-refractivity contribution is 0.0600. The number of hydrogen-bond acceptors (Lipinski definition) is 3. The van der Waals surface area contributed by atoms with Crippen LogP contribution in [0.25, 0.3) is 10.9 Å². The molecule has 0 aliphatic heterocycles. The molecule has 0 N–H and O–H groups in total. The predicted octanol–water partition coefficient (Wildman–Crippen LogP) is 2.33. The summed E-state index contributed by atoms with van der Waals surface area (Å²) in [6, 6.07) is 7.67. The molecular weight excluding hydrogens is 190 g/mol. The van der Waals surface area contributed by atoms with E-state index in [2.05, 4.69) is 9.72 Å². The van der Waals surface area contributed by atoms with Gasteiger partial charge in [-0.1, -0.05) is 12.1 Å². The molecule has 1 aromatic carbocycles. The first-order valence-corrected chi connectivity index (χ1v) is 4.66.